The molecular weight excluding hydrogens is 464 g/mol. The number of fused-ring (bicyclic) bond motifs is 1. The lowest BCUT2D eigenvalue weighted by atomic mass is 9.98. The Kier molecular flexibility index (Phi) is 6.54. The maximum atomic E-state index is 12.5. The largest absolute Gasteiger partial charge is 0.370 e. The van der Waals surface area contributed by atoms with Crippen molar-refractivity contribution in [2.45, 2.75) is 36.0 Å². The molecule has 0 aliphatic carbocycles. The molecule has 1 aliphatic heterocycles. The average molecular weight is 491 g/mol. The number of hydrogen-bond donors (Lipinski definition) is 3. The Bertz CT molecular complexity index is 1360. The van der Waals surface area contributed by atoms with E-state index in [0.29, 0.717) is 22.5 Å². The third kappa shape index (κ3) is 4.17. The van der Waals surface area contributed by atoms with Crippen LogP contribution in [0.25, 0.3) is 22.2 Å². The van der Waals surface area contributed by atoms with Gasteiger partial charge in [0.05, 0.1) is 28.0 Å². The van der Waals surface area contributed by atoms with Crippen molar-refractivity contribution in [3.8, 4) is 11.3 Å². The Balaban J connectivity index is 1.75. The van der Waals surface area contributed by atoms with Gasteiger partial charge in [-0.15, -0.1) is 12.6 Å². The molecule has 0 unspecified atom stereocenters. The minimum absolute atomic E-state index is 0.512. The molecule has 0 saturated carbocycles. The number of nitrogens with one attached hydrogen (secondary N) is 1. The van der Waals surface area contributed by atoms with Gasteiger partial charge in [0.25, 0.3) is 0 Å². The topological polar surface area (TPSA) is 84.4 Å². The number of piperidine rings is 1. The fourth-order valence-electron chi connectivity index (χ4n) is 4.60. The first-order chi connectivity index (χ1) is 16.6. The summed E-state index contributed by atoms with van der Waals surface area (Å²) in [7, 11) is 0. The third-order valence-electron chi connectivity index (χ3n) is 6.34. The van der Waals surface area contributed by atoms with E-state index in [-0.39, 0.29) is 0 Å². The summed E-state index contributed by atoms with van der Waals surface area (Å²) >= 11 is 5.57. The van der Waals surface area contributed by atoms with Crippen molar-refractivity contribution in [3.63, 3.8) is 0 Å². The molecule has 0 amide bonds. The SMILES string of the molecule is Cc1ccccc1-c1onc2c(N3CCCCC3)cc(Nc3ccc(S)cc3SN)c(C=O)c12. The van der Waals surface area contributed by atoms with Crippen LogP contribution in [0, 0.1) is 6.92 Å². The first-order valence-electron chi connectivity index (χ1n) is 11.3. The molecule has 3 aromatic carbocycles. The molecule has 6 nitrogen and oxygen atoms in total. The maximum Gasteiger partial charge on any atom is 0.175 e. The summed E-state index contributed by atoms with van der Waals surface area (Å²) in [5.74, 6) is 0.608. The number of rotatable bonds is 6. The molecule has 0 bridgehead atoms. The second-order valence-electron chi connectivity index (χ2n) is 8.50. The molecule has 3 N–H and O–H groups in total. The van der Waals surface area contributed by atoms with E-state index in [0.717, 1.165) is 81.8 Å². The highest BCUT2D eigenvalue weighted by atomic mass is 32.2. The number of carbonyl (C=O) groups excluding carboxylic acids is 1. The van der Waals surface area contributed by atoms with Gasteiger partial charge in [-0.25, -0.2) is 0 Å². The standard InChI is InChI=1S/C26H26N4O2S2/c1-16-7-3-4-8-18(16)26-24-19(15-31)21(28-20-10-9-17(33)13-23(20)34-27)14-22(25(24)29-32-26)30-11-5-2-6-12-30/h3-4,7-10,13-15,28,33H,2,5-6,11-12,27H2,1H3. The second-order valence-corrected chi connectivity index (χ2v) is 9.69. The monoisotopic (exact) mass is 490 g/mol. The van der Waals surface area contributed by atoms with Gasteiger partial charge >= 0.3 is 0 Å². The predicted octanol–water partition coefficient (Wildman–Crippen LogP) is 6.60. The summed E-state index contributed by atoms with van der Waals surface area (Å²) in [5, 5.41) is 14.6. The van der Waals surface area contributed by atoms with Gasteiger partial charge in [0.1, 0.15) is 5.52 Å². The Morgan fingerprint density at radius 3 is 2.65 bits per heavy atom. The molecule has 0 atom stereocenters. The van der Waals surface area contributed by atoms with Crippen molar-refractivity contribution in [2.75, 3.05) is 23.3 Å². The van der Waals surface area contributed by atoms with Crippen molar-refractivity contribution in [2.24, 2.45) is 5.14 Å². The molecule has 0 spiro atoms. The molecule has 5 rings (SSSR count). The average Bonchev–Trinajstić information content (AvgIpc) is 3.30. The lowest BCUT2D eigenvalue weighted by Crippen LogP contribution is -2.29. The van der Waals surface area contributed by atoms with Crippen LogP contribution in [0.1, 0.15) is 35.2 Å². The van der Waals surface area contributed by atoms with Crippen molar-refractivity contribution in [3.05, 3.63) is 59.7 Å². The first kappa shape index (κ1) is 22.8. The summed E-state index contributed by atoms with van der Waals surface area (Å²) in [4.78, 5) is 16.5. The summed E-state index contributed by atoms with van der Waals surface area (Å²) in [6.07, 6.45) is 4.35. The number of nitrogens with zero attached hydrogens (tertiary/aromatic N) is 2. The van der Waals surface area contributed by atoms with E-state index in [4.69, 9.17) is 9.66 Å². The molecule has 1 saturated heterocycles. The van der Waals surface area contributed by atoms with Crippen LogP contribution in [-0.4, -0.2) is 24.5 Å². The minimum Gasteiger partial charge on any atom is -0.370 e. The molecule has 0 radical (unpaired) electrons. The molecule has 1 aromatic heterocycles. The number of hydrogen-bond acceptors (Lipinski definition) is 8. The van der Waals surface area contributed by atoms with Crippen molar-refractivity contribution < 1.29 is 9.32 Å². The third-order valence-corrected chi connectivity index (χ3v) is 7.21. The molecular formula is C26H26N4O2S2. The summed E-state index contributed by atoms with van der Waals surface area (Å²) < 4.78 is 5.92. The number of carbonyl (C=O) groups is 1. The van der Waals surface area contributed by atoms with Crippen LogP contribution in [-0.2, 0) is 0 Å². The summed E-state index contributed by atoms with van der Waals surface area (Å²) in [6.45, 7) is 3.92. The zero-order valence-corrected chi connectivity index (χ0v) is 20.6. The molecule has 1 aliphatic rings. The zero-order chi connectivity index (χ0) is 23.7. The van der Waals surface area contributed by atoms with Gasteiger partial charge in [0.2, 0.25) is 0 Å². The minimum atomic E-state index is 0.512. The van der Waals surface area contributed by atoms with Gasteiger partial charge in [-0.2, -0.15) is 0 Å². The lowest BCUT2D eigenvalue weighted by Gasteiger charge is -2.29. The molecule has 34 heavy (non-hydrogen) atoms. The number of aryl methyl sites for hydroxylation is 1. The number of anilines is 3. The van der Waals surface area contributed by atoms with Crippen LogP contribution in [0.15, 0.2) is 62.8 Å². The smallest absolute Gasteiger partial charge is 0.175 e. The fraction of sp³-hybridized carbons (Fsp3) is 0.231. The van der Waals surface area contributed by atoms with E-state index in [1.54, 1.807) is 0 Å². The van der Waals surface area contributed by atoms with Gasteiger partial charge in [-0.1, -0.05) is 29.4 Å². The van der Waals surface area contributed by atoms with E-state index in [1.165, 1.54) is 6.42 Å². The Morgan fingerprint density at radius 2 is 1.91 bits per heavy atom. The van der Waals surface area contributed by atoms with E-state index in [9.17, 15) is 4.79 Å². The van der Waals surface area contributed by atoms with Gasteiger partial charge in [0, 0.05) is 28.4 Å². The number of nitrogens with two attached hydrogens (primary N) is 1. The van der Waals surface area contributed by atoms with E-state index >= 15 is 0 Å². The maximum absolute atomic E-state index is 12.5. The molecule has 174 valence electrons. The Morgan fingerprint density at radius 1 is 1.12 bits per heavy atom. The molecule has 1 fully saturated rings. The quantitative estimate of drug-likeness (QED) is 0.159. The van der Waals surface area contributed by atoms with Crippen molar-refractivity contribution in [1.29, 1.82) is 0 Å². The van der Waals surface area contributed by atoms with Crippen LogP contribution in [0.5, 0.6) is 0 Å². The number of aldehydes is 1. The number of benzene rings is 3. The highest BCUT2D eigenvalue weighted by Crippen LogP contribution is 2.42. The zero-order valence-electron chi connectivity index (χ0n) is 18.9. The van der Waals surface area contributed by atoms with Crippen LogP contribution >= 0.6 is 24.6 Å². The van der Waals surface area contributed by atoms with Gasteiger partial charge < -0.3 is 14.7 Å². The summed E-state index contributed by atoms with van der Waals surface area (Å²) in [6, 6.07) is 15.7. The van der Waals surface area contributed by atoms with E-state index in [1.807, 2.05) is 55.5 Å². The summed E-state index contributed by atoms with van der Waals surface area (Å²) in [5.41, 5.74) is 5.69. The fourth-order valence-corrected chi connectivity index (χ4v) is 5.33. The Hall–Kier alpha value is -2.94. The van der Waals surface area contributed by atoms with E-state index in [2.05, 4.69) is 28.0 Å². The normalized spacial score (nSPS) is 13.9. The van der Waals surface area contributed by atoms with Gasteiger partial charge in [0.15, 0.2) is 12.0 Å². The van der Waals surface area contributed by atoms with Crippen molar-refractivity contribution >= 4 is 58.8 Å². The van der Waals surface area contributed by atoms with Gasteiger partial charge in [-0.05, 0) is 68.0 Å². The second kappa shape index (κ2) is 9.74. The van der Waals surface area contributed by atoms with E-state index < -0.39 is 0 Å². The molecule has 2 heterocycles. The van der Waals surface area contributed by atoms with Crippen LogP contribution in [0.2, 0.25) is 0 Å². The van der Waals surface area contributed by atoms with Crippen molar-refractivity contribution in [1.82, 2.24) is 5.16 Å². The Labute approximate surface area is 208 Å². The van der Waals surface area contributed by atoms with Gasteiger partial charge in [-0.3, -0.25) is 9.93 Å². The highest BCUT2D eigenvalue weighted by molar-refractivity contribution is 7.97. The highest BCUT2D eigenvalue weighted by Gasteiger charge is 2.25. The number of thiol groups is 1. The van der Waals surface area contributed by atoms with Crippen LogP contribution in [0.3, 0.4) is 0 Å². The van der Waals surface area contributed by atoms with Crippen LogP contribution in [0.4, 0.5) is 17.1 Å². The molecule has 4 aromatic rings. The molecule has 8 heteroatoms. The first-order valence-corrected chi connectivity index (χ1v) is 12.6. The lowest BCUT2D eigenvalue weighted by molar-refractivity contribution is 0.112. The number of aromatic nitrogens is 1. The predicted molar refractivity (Wildman–Crippen MR) is 143 cm³/mol. The van der Waals surface area contributed by atoms with Crippen LogP contribution < -0.4 is 15.4 Å².